The van der Waals surface area contributed by atoms with E-state index in [0.717, 1.165) is 10.7 Å². The molecule has 1 fully saturated rings. The van der Waals surface area contributed by atoms with E-state index in [2.05, 4.69) is 34.5 Å². The van der Waals surface area contributed by atoms with Crippen LogP contribution in [0.3, 0.4) is 0 Å². The van der Waals surface area contributed by atoms with Gasteiger partial charge in [-0.1, -0.05) is 0 Å². The van der Waals surface area contributed by atoms with Crippen LogP contribution in [0.5, 0.6) is 0 Å². The maximum absolute atomic E-state index is 3.24. The second-order valence-electron chi connectivity index (χ2n) is 3.09. The SMILES string of the molecule is [Cl-].[Cl-].[Cr+2][CH]1CCC2CC=CC=C12. The Hall–Kier alpha value is 0.592. The van der Waals surface area contributed by atoms with Gasteiger partial charge in [-0.3, -0.25) is 0 Å². The Labute approximate surface area is 94.7 Å². The van der Waals surface area contributed by atoms with E-state index in [1.54, 1.807) is 5.57 Å². The Balaban J connectivity index is 0.000000605. The first-order chi connectivity index (χ1) is 4.88. The zero-order valence-electron chi connectivity index (χ0n) is 6.67. The second-order valence-corrected chi connectivity index (χ2v) is 3.98. The summed E-state index contributed by atoms with van der Waals surface area (Å²) in [6, 6.07) is 0. The molecule has 0 saturated heterocycles. The molecule has 2 unspecified atom stereocenters. The zero-order chi connectivity index (χ0) is 6.97. The van der Waals surface area contributed by atoms with Crippen molar-refractivity contribution >= 4 is 0 Å². The number of hydrogen-bond donors (Lipinski definition) is 0. The van der Waals surface area contributed by atoms with Crippen molar-refractivity contribution in [2.24, 2.45) is 5.92 Å². The van der Waals surface area contributed by atoms with Crippen molar-refractivity contribution in [3.8, 4) is 0 Å². The van der Waals surface area contributed by atoms with Gasteiger partial charge < -0.3 is 24.8 Å². The van der Waals surface area contributed by atoms with Crippen molar-refractivity contribution in [2.75, 3.05) is 0 Å². The standard InChI is InChI=1S/C9H11.2ClH.Cr/c1-2-5-9-7-3-6-8(9)4-1;;;/h1-2,4,6,9H,3,5,7H2;2*1H;/q;;;+2/p-2. The summed E-state index contributed by atoms with van der Waals surface area (Å²) in [5.74, 6) is 0.885. The molecule has 0 bridgehead atoms. The minimum atomic E-state index is 0. The van der Waals surface area contributed by atoms with Gasteiger partial charge in [0.25, 0.3) is 0 Å². The first kappa shape index (κ1) is 12.6. The van der Waals surface area contributed by atoms with Gasteiger partial charge in [0, 0.05) is 0 Å². The predicted octanol–water partition coefficient (Wildman–Crippen LogP) is -3.37. The van der Waals surface area contributed by atoms with Crippen LogP contribution in [0.4, 0.5) is 0 Å². The molecule has 1 saturated carbocycles. The van der Waals surface area contributed by atoms with Gasteiger partial charge in [0.15, 0.2) is 0 Å². The van der Waals surface area contributed by atoms with Gasteiger partial charge in [0.1, 0.15) is 0 Å². The monoisotopic (exact) mass is 241 g/mol. The van der Waals surface area contributed by atoms with E-state index in [1.165, 1.54) is 19.3 Å². The Morgan fingerprint density at radius 3 is 2.67 bits per heavy atom. The molecular formula is C9H11Cl2Cr. The van der Waals surface area contributed by atoms with Gasteiger partial charge in [0.2, 0.25) is 0 Å². The number of halogens is 2. The molecule has 3 heteroatoms. The molecule has 67 valence electrons. The van der Waals surface area contributed by atoms with Crippen LogP contribution in [0.15, 0.2) is 23.8 Å². The summed E-state index contributed by atoms with van der Waals surface area (Å²) >= 11 is 3.24. The van der Waals surface area contributed by atoms with Gasteiger partial charge in [-0.15, -0.1) is 0 Å². The summed E-state index contributed by atoms with van der Waals surface area (Å²) in [5.41, 5.74) is 1.66. The van der Waals surface area contributed by atoms with Gasteiger partial charge in [0.05, 0.1) is 0 Å². The van der Waals surface area contributed by atoms with Crippen LogP contribution in [0.2, 0.25) is 4.78 Å². The summed E-state index contributed by atoms with van der Waals surface area (Å²) < 4.78 is 0.745. The molecule has 0 spiro atoms. The summed E-state index contributed by atoms with van der Waals surface area (Å²) in [7, 11) is 0. The van der Waals surface area contributed by atoms with E-state index in [1.807, 2.05) is 0 Å². The van der Waals surface area contributed by atoms with E-state index in [0.29, 0.717) is 0 Å². The summed E-state index contributed by atoms with van der Waals surface area (Å²) in [6.07, 6.45) is 10.8. The molecule has 2 rings (SSSR count). The molecule has 0 aromatic heterocycles. The van der Waals surface area contributed by atoms with Crippen LogP contribution >= 0.6 is 0 Å². The molecule has 0 N–H and O–H groups in total. The number of fused-ring (bicyclic) bond motifs is 1. The van der Waals surface area contributed by atoms with Gasteiger partial charge >= 0.3 is 70.1 Å². The molecule has 2 aliphatic carbocycles. The minimum absolute atomic E-state index is 0. The fraction of sp³-hybridized carbons (Fsp3) is 0.556. The third-order valence-electron chi connectivity index (χ3n) is 2.47. The predicted molar refractivity (Wildman–Crippen MR) is 38.3 cm³/mol. The Kier molecular flexibility index (Phi) is 5.61. The fourth-order valence-electron chi connectivity index (χ4n) is 1.87. The molecule has 0 radical (unpaired) electrons. The molecule has 2 atom stereocenters. The molecule has 0 heterocycles. The van der Waals surface area contributed by atoms with Gasteiger partial charge in [-0.05, 0) is 0 Å². The topological polar surface area (TPSA) is 0 Å². The Morgan fingerprint density at radius 2 is 2.00 bits per heavy atom. The van der Waals surface area contributed by atoms with Crippen molar-refractivity contribution in [1.29, 1.82) is 0 Å². The zero-order valence-corrected chi connectivity index (χ0v) is 9.46. The number of rotatable bonds is 0. The van der Waals surface area contributed by atoms with Crippen LogP contribution in [0.1, 0.15) is 19.3 Å². The van der Waals surface area contributed by atoms with E-state index < -0.39 is 0 Å². The quantitative estimate of drug-likeness (QED) is 0.416. The molecule has 0 amide bonds. The molecular weight excluding hydrogens is 231 g/mol. The fourth-order valence-corrected chi connectivity index (χ4v) is 2.50. The average Bonchev–Trinajstić information content (AvgIpc) is 2.34. The van der Waals surface area contributed by atoms with E-state index in [-0.39, 0.29) is 24.8 Å². The van der Waals surface area contributed by atoms with E-state index in [4.69, 9.17) is 0 Å². The first-order valence-corrected chi connectivity index (χ1v) is 4.64. The van der Waals surface area contributed by atoms with Crippen molar-refractivity contribution in [3.05, 3.63) is 23.8 Å². The first-order valence-electron chi connectivity index (χ1n) is 3.90. The van der Waals surface area contributed by atoms with Crippen LogP contribution in [-0.4, -0.2) is 0 Å². The van der Waals surface area contributed by atoms with Crippen LogP contribution in [-0.2, 0) is 16.3 Å². The average molecular weight is 242 g/mol. The molecule has 0 aromatic carbocycles. The summed E-state index contributed by atoms with van der Waals surface area (Å²) in [5, 5.41) is 0. The van der Waals surface area contributed by atoms with Crippen molar-refractivity contribution < 1.29 is 41.1 Å². The third kappa shape index (κ3) is 2.30. The molecule has 0 aromatic rings. The van der Waals surface area contributed by atoms with Gasteiger partial charge in [-0.25, -0.2) is 0 Å². The maximum atomic E-state index is 3.24. The molecule has 0 aliphatic heterocycles. The van der Waals surface area contributed by atoms with Crippen LogP contribution in [0, 0.1) is 5.92 Å². The summed E-state index contributed by atoms with van der Waals surface area (Å²) in [4.78, 5) is 0. The van der Waals surface area contributed by atoms with E-state index >= 15 is 0 Å². The van der Waals surface area contributed by atoms with Crippen LogP contribution < -0.4 is 24.8 Å². The second kappa shape index (κ2) is 5.35. The van der Waals surface area contributed by atoms with Crippen molar-refractivity contribution in [1.82, 2.24) is 0 Å². The Bertz CT molecular complexity index is 199. The Morgan fingerprint density at radius 1 is 1.25 bits per heavy atom. The van der Waals surface area contributed by atoms with Crippen molar-refractivity contribution in [3.63, 3.8) is 0 Å². The molecule has 2 aliphatic rings. The van der Waals surface area contributed by atoms with Crippen molar-refractivity contribution in [2.45, 2.75) is 24.0 Å². The third-order valence-corrected chi connectivity index (χ3v) is 3.26. The van der Waals surface area contributed by atoms with E-state index in [9.17, 15) is 0 Å². The molecule has 0 nitrogen and oxygen atoms in total. The number of hydrogen-bond acceptors (Lipinski definition) is 0. The summed E-state index contributed by atoms with van der Waals surface area (Å²) in [6.45, 7) is 0. The number of allylic oxidation sites excluding steroid dienone is 4. The van der Waals surface area contributed by atoms with Crippen LogP contribution in [0.25, 0.3) is 0 Å². The normalized spacial score (nSPS) is 31.1. The molecule has 12 heavy (non-hydrogen) atoms. The van der Waals surface area contributed by atoms with Gasteiger partial charge in [-0.2, -0.15) is 0 Å².